The van der Waals surface area contributed by atoms with Gasteiger partial charge in [0.2, 0.25) is 0 Å². The van der Waals surface area contributed by atoms with Crippen molar-refractivity contribution in [2.45, 2.75) is 26.7 Å². The number of ketones is 1. The van der Waals surface area contributed by atoms with Gasteiger partial charge in [-0.15, -0.1) is 0 Å². The van der Waals surface area contributed by atoms with Crippen molar-refractivity contribution in [3.05, 3.63) is 29.3 Å². The van der Waals surface area contributed by atoms with Crippen LogP contribution in [-0.4, -0.2) is 22.6 Å². The van der Waals surface area contributed by atoms with Crippen LogP contribution in [0.2, 0.25) is 0 Å². The van der Waals surface area contributed by atoms with Gasteiger partial charge in [0, 0.05) is 12.1 Å². The predicted molar refractivity (Wildman–Crippen MR) is 68.6 cm³/mol. The summed E-state index contributed by atoms with van der Waals surface area (Å²) in [5.41, 5.74) is 2.71. The van der Waals surface area contributed by atoms with Crippen molar-refractivity contribution in [3.8, 4) is 0 Å². The van der Waals surface area contributed by atoms with E-state index in [0.717, 1.165) is 17.0 Å². The van der Waals surface area contributed by atoms with Gasteiger partial charge in [0.05, 0.1) is 17.2 Å². The molecule has 1 saturated carbocycles. The van der Waals surface area contributed by atoms with Crippen molar-refractivity contribution in [1.82, 2.24) is 0 Å². The maximum atomic E-state index is 11.4. The van der Waals surface area contributed by atoms with E-state index in [1.54, 1.807) is 12.1 Å². The summed E-state index contributed by atoms with van der Waals surface area (Å²) < 4.78 is 0. The fourth-order valence-corrected chi connectivity index (χ4v) is 2.09. The molecule has 0 bridgehead atoms. The van der Waals surface area contributed by atoms with Gasteiger partial charge in [0.25, 0.3) is 0 Å². The molecule has 18 heavy (non-hydrogen) atoms. The minimum absolute atomic E-state index is 0.108. The highest BCUT2D eigenvalue weighted by Crippen LogP contribution is 2.25. The number of hydrogen-bond acceptors (Lipinski definition) is 3. The van der Waals surface area contributed by atoms with Crippen LogP contribution >= 0.6 is 0 Å². The van der Waals surface area contributed by atoms with Gasteiger partial charge in [-0.3, -0.25) is 9.79 Å². The molecule has 1 fully saturated rings. The molecule has 0 aliphatic heterocycles. The second kappa shape index (κ2) is 4.72. The summed E-state index contributed by atoms with van der Waals surface area (Å²) in [5, 5.41) is 8.88. The third-order valence-electron chi connectivity index (χ3n) is 3.32. The molecule has 0 amide bonds. The Labute approximate surface area is 105 Å². The first-order valence-electron chi connectivity index (χ1n) is 5.93. The minimum Gasteiger partial charge on any atom is -0.478 e. The average molecular weight is 245 g/mol. The number of carbonyl (C=O) groups excluding carboxylic acids is 1. The van der Waals surface area contributed by atoms with Crippen LogP contribution < -0.4 is 0 Å². The molecular weight excluding hydrogens is 230 g/mol. The molecule has 4 nitrogen and oxygen atoms in total. The van der Waals surface area contributed by atoms with Crippen LogP contribution in [0, 0.1) is 12.8 Å². The zero-order valence-electron chi connectivity index (χ0n) is 10.4. The van der Waals surface area contributed by atoms with E-state index in [1.165, 1.54) is 6.07 Å². The van der Waals surface area contributed by atoms with E-state index < -0.39 is 5.97 Å². The van der Waals surface area contributed by atoms with Crippen LogP contribution in [0.15, 0.2) is 23.2 Å². The molecule has 94 valence electrons. The fourth-order valence-electron chi connectivity index (χ4n) is 2.09. The van der Waals surface area contributed by atoms with Crippen molar-refractivity contribution in [1.29, 1.82) is 0 Å². The largest absolute Gasteiger partial charge is 0.478 e. The number of benzene rings is 1. The van der Waals surface area contributed by atoms with E-state index in [4.69, 9.17) is 5.11 Å². The Morgan fingerprint density at radius 3 is 2.61 bits per heavy atom. The molecule has 0 saturated heterocycles. The molecule has 0 spiro atoms. The van der Waals surface area contributed by atoms with E-state index >= 15 is 0 Å². The molecule has 2 rings (SSSR count). The van der Waals surface area contributed by atoms with Gasteiger partial charge in [0.1, 0.15) is 5.78 Å². The lowest BCUT2D eigenvalue weighted by Crippen LogP contribution is -2.09. The number of carboxylic acids is 1. The SMILES string of the molecule is Cc1cc(C(=O)O)ccc1N=C1CCC(=O)C1C. The van der Waals surface area contributed by atoms with Crippen molar-refractivity contribution in [3.63, 3.8) is 0 Å². The molecule has 0 aromatic heterocycles. The molecule has 1 N–H and O–H groups in total. The predicted octanol–water partition coefficient (Wildman–Crippen LogP) is 2.76. The first-order chi connectivity index (χ1) is 8.49. The molecule has 1 aliphatic rings. The second-order valence-electron chi connectivity index (χ2n) is 4.60. The summed E-state index contributed by atoms with van der Waals surface area (Å²) in [7, 11) is 0. The number of carboxylic acid groups (broad SMARTS) is 1. The monoisotopic (exact) mass is 245 g/mol. The quantitative estimate of drug-likeness (QED) is 0.871. The van der Waals surface area contributed by atoms with E-state index in [1.807, 2.05) is 13.8 Å². The Balaban J connectivity index is 2.33. The third-order valence-corrected chi connectivity index (χ3v) is 3.32. The molecule has 1 aliphatic carbocycles. The topological polar surface area (TPSA) is 66.7 Å². The van der Waals surface area contributed by atoms with Crippen LogP contribution in [0.1, 0.15) is 35.7 Å². The Morgan fingerprint density at radius 1 is 1.39 bits per heavy atom. The highest BCUT2D eigenvalue weighted by molar-refractivity contribution is 6.11. The number of carbonyl (C=O) groups is 2. The maximum absolute atomic E-state index is 11.4. The number of aromatic carboxylic acids is 1. The lowest BCUT2D eigenvalue weighted by Gasteiger charge is -2.06. The Hall–Kier alpha value is -1.97. The highest BCUT2D eigenvalue weighted by Gasteiger charge is 2.26. The van der Waals surface area contributed by atoms with Crippen molar-refractivity contribution in [2.75, 3.05) is 0 Å². The number of aryl methyl sites for hydroxylation is 1. The van der Waals surface area contributed by atoms with Crippen LogP contribution in [0.4, 0.5) is 5.69 Å². The number of rotatable bonds is 2. The van der Waals surface area contributed by atoms with Gasteiger partial charge in [-0.05, 0) is 37.1 Å². The molecule has 0 radical (unpaired) electrons. The van der Waals surface area contributed by atoms with Crippen LogP contribution in [0.25, 0.3) is 0 Å². The third kappa shape index (κ3) is 2.32. The average Bonchev–Trinajstić information content (AvgIpc) is 2.63. The summed E-state index contributed by atoms with van der Waals surface area (Å²) >= 11 is 0. The molecule has 1 aromatic rings. The van der Waals surface area contributed by atoms with Gasteiger partial charge < -0.3 is 5.11 Å². The zero-order chi connectivity index (χ0) is 13.3. The molecule has 4 heteroatoms. The summed E-state index contributed by atoms with van der Waals surface area (Å²) in [6, 6.07) is 4.83. The van der Waals surface area contributed by atoms with Gasteiger partial charge in [0.15, 0.2) is 0 Å². The number of Topliss-reactive ketones (excluding diaryl/α,β-unsaturated/α-hetero) is 1. The lowest BCUT2D eigenvalue weighted by atomic mass is 10.1. The molecular formula is C14H15NO3. The molecule has 1 aromatic carbocycles. The standard InChI is InChI=1S/C14H15NO3/c1-8-7-10(14(17)18)3-4-11(8)15-12-5-6-13(16)9(12)2/h3-4,7,9H,5-6H2,1-2H3,(H,17,18). The molecule has 1 atom stereocenters. The number of aliphatic imine (C=N–C) groups is 1. The summed E-state index contributed by atoms with van der Waals surface area (Å²) in [6.07, 6.45) is 1.27. The van der Waals surface area contributed by atoms with Gasteiger partial charge in [-0.1, -0.05) is 6.92 Å². The summed E-state index contributed by atoms with van der Waals surface area (Å²) in [6.45, 7) is 3.70. The number of hydrogen-bond donors (Lipinski definition) is 1. The zero-order valence-corrected chi connectivity index (χ0v) is 10.4. The minimum atomic E-state index is -0.943. The first kappa shape index (κ1) is 12.5. The number of nitrogens with zero attached hydrogens (tertiary/aromatic N) is 1. The summed E-state index contributed by atoms with van der Waals surface area (Å²) in [5.74, 6) is -0.821. The summed E-state index contributed by atoms with van der Waals surface area (Å²) in [4.78, 5) is 26.8. The Kier molecular flexibility index (Phi) is 3.28. The van der Waals surface area contributed by atoms with Gasteiger partial charge in [-0.25, -0.2) is 4.79 Å². The smallest absolute Gasteiger partial charge is 0.335 e. The van der Waals surface area contributed by atoms with E-state index in [0.29, 0.717) is 12.8 Å². The maximum Gasteiger partial charge on any atom is 0.335 e. The van der Waals surface area contributed by atoms with Crippen LogP contribution in [0.5, 0.6) is 0 Å². The van der Waals surface area contributed by atoms with E-state index in [2.05, 4.69) is 4.99 Å². The Morgan fingerprint density at radius 2 is 2.11 bits per heavy atom. The van der Waals surface area contributed by atoms with Crippen molar-refractivity contribution >= 4 is 23.2 Å². The molecule has 0 heterocycles. The second-order valence-corrected chi connectivity index (χ2v) is 4.60. The van der Waals surface area contributed by atoms with Gasteiger partial charge >= 0.3 is 5.97 Å². The lowest BCUT2D eigenvalue weighted by molar-refractivity contribution is -0.119. The van der Waals surface area contributed by atoms with Crippen molar-refractivity contribution < 1.29 is 14.7 Å². The van der Waals surface area contributed by atoms with Gasteiger partial charge in [-0.2, -0.15) is 0 Å². The normalized spacial score (nSPS) is 21.6. The molecule has 1 unspecified atom stereocenters. The van der Waals surface area contributed by atoms with Crippen LogP contribution in [-0.2, 0) is 4.79 Å². The van der Waals surface area contributed by atoms with E-state index in [-0.39, 0.29) is 17.3 Å². The first-order valence-corrected chi connectivity index (χ1v) is 5.93. The Bertz CT molecular complexity index is 546. The highest BCUT2D eigenvalue weighted by atomic mass is 16.4. The van der Waals surface area contributed by atoms with Crippen LogP contribution in [0.3, 0.4) is 0 Å². The van der Waals surface area contributed by atoms with Crippen molar-refractivity contribution in [2.24, 2.45) is 10.9 Å². The van der Waals surface area contributed by atoms with E-state index in [9.17, 15) is 9.59 Å². The fraction of sp³-hybridized carbons (Fsp3) is 0.357.